The van der Waals surface area contributed by atoms with E-state index in [1.807, 2.05) is 30.3 Å². The minimum atomic E-state index is 0. The highest BCUT2D eigenvalue weighted by Gasteiger charge is 1.58. The van der Waals surface area contributed by atoms with Crippen molar-refractivity contribution in [3.8, 4) is 0 Å². The second-order valence-corrected chi connectivity index (χ2v) is 1.08. The largest absolute Gasteiger partial charge is 0.187 e. The number of hydrogen-bond acceptors (Lipinski definition) is 0. The molecule has 0 heterocycles. The Morgan fingerprint density at radius 3 is 1.57 bits per heavy atom. The first kappa shape index (κ1) is 6.75. The molecule has 35 valence electrons. The number of hydrogen-bond donors (Lipinski definition) is 0. The summed E-state index contributed by atoms with van der Waals surface area (Å²) >= 11 is 0. The molecule has 0 aromatic heterocycles. The molecule has 7 heavy (non-hydrogen) atoms. The van der Waals surface area contributed by atoms with Crippen molar-refractivity contribution in [3.05, 3.63) is 36.4 Å². The zero-order valence-corrected chi connectivity index (χ0v) is 3.39. The molecule has 0 atom stereocenters. The Kier molecular flexibility index (Phi) is 3.79. The van der Waals surface area contributed by atoms with Crippen LogP contribution in [0.5, 0.6) is 0 Å². The van der Waals surface area contributed by atoms with Gasteiger partial charge in [0.05, 0.1) is 0 Å². The quantitative estimate of drug-likeness (QED) is 0.418. The lowest BCUT2D eigenvalue weighted by Gasteiger charge is -1.68. The van der Waals surface area contributed by atoms with E-state index in [4.69, 9.17) is 0 Å². The Morgan fingerprint density at radius 1 is 0.857 bits per heavy atom. The molecule has 0 saturated carbocycles. The van der Waals surface area contributed by atoms with Crippen LogP contribution >= 0.6 is 0 Å². The fourth-order valence-corrected chi connectivity index (χ4v) is 0.342. The van der Waals surface area contributed by atoms with Crippen LogP contribution in [0.3, 0.4) is 0 Å². The average Bonchev–Trinajstić information content (AvgIpc) is 1.72. The van der Waals surface area contributed by atoms with Gasteiger partial charge in [-0.05, 0) is 6.07 Å². The predicted molar refractivity (Wildman–Crippen MR) is 35.2 cm³/mol. The zero-order chi connectivity index (χ0) is 4.24. The zero-order valence-electron chi connectivity index (χ0n) is 3.39. The molecule has 1 heteroatoms. The molecule has 1 aromatic rings. The van der Waals surface area contributed by atoms with Crippen molar-refractivity contribution < 1.29 is 0 Å². The molecular weight excluding hydrogens is 99.0 g/mol. The lowest BCUT2D eigenvalue weighted by Crippen LogP contribution is -1.49. The van der Waals surface area contributed by atoms with Gasteiger partial charge in [-0.15, -0.1) is 0 Å². The summed E-state index contributed by atoms with van der Waals surface area (Å²) in [4.78, 5) is 0. The van der Waals surface area contributed by atoms with Gasteiger partial charge >= 0.3 is 0 Å². The summed E-state index contributed by atoms with van der Waals surface area (Å²) in [5, 5.41) is 0. The molecule has 0 N–H and O–H groups in total. The van der Waals surface area contributed by atoms with Crippen LogP contribution < -0.4 is 0 Å². The van der Waals surface area contributed by atoms with E-state index in [1.54, 1.807) is 0 Å². The van der Waals surface area contributed by atoms with Crippen molar-refractivity contribution in [2.24, 2.45) is 0 Å². The fourth-order valence-electron chi connectivity index (χ4n) is 0.342. The van der Waals surface area contributed by atoms with E-state index in [0.717, 1.165) is 0 Å². The van der Waals surface area contributed by atoms with Gasteiger partial charge in [-0.1, -0.05) is 30.3 Å². The van der Waals surface area contributed by atoms with Gasteiger partial charge in [-0.25, -0.2) is 0 Å². The number of rotatable bonds is 0. The van der Waals surface area contributed by atoms with Crippen LogP contribution in [-0.4, -0.2) is 17.4 Å². The molecule has 0 fully saturated rings. The van der Waals surface area contributed by atoms with Gasteiger partial charge in [0.25, 0.3) is 0 Å². The molecule has 0 spiro atoms. The second-order valence-electron chi connectivity index (χ2n) is 1.08. The lowest BCUT2D eigenvalue weighted by molar-refractivity contribution is 1.70. The third-order valence-electron chi connectivity index (χ3n) is 0.607. The maximum atomic E-state index is 2.89. The standard InChI is InChI=1S/C6H5.Al.3H/c1-2-4-6-5-3-1;;;;/h1-5H;;;;. The number of benzene rings is 1. The highest BCUT2D eigenvalue weighted by molar-refractivity contribution is 5.75. The summed E-state index contributed by atoms with van der Waals surface area (Å²) in [7, 11) is 0. The molecular formula is C6H8Al. The molecule has 1 radical (unpaired) electrons. The van der Waals surface area contributed by atoms with Gasteiger partial charge in [0.1, 0.15) is 0 Å². The maximum Gasteiger partial charge on any atom is 0.187 e. The third kappa shape index (κ3) is 2.45. The molecule has 0 bridgehead atoms. The molecule has 0 saturated heterocycles. The van der Waals surface area contributed by atoms with E-state index in [0.29, 0.717) is 0 Å². The van der Waals surface area contributed by atoms with Crippen molar-refractivity contribution in [1.29, 1.82) is 0 Å². The van der Waals surface area contributed by atoms with E-state index in [1.165, 1.54) is 0 Å². The summed E-state index contributed by atoms with van der Waals surface area (Å²) in [6.07, 6.45) is 0. The van der Waals surface area contributed by atoms with Crippen LogP contribution in [0.1, 0.15) is 0 Å². The monoisotopic (exact) mass is 107 g/mol. The van der Waals surface area contributed by atoms with Crippen molar-refractivity contribution in [1.82, 2.24) is 0 Å². The molecule has 0 aliphatic heterocycles. The Hall–Kier alpha value is -0.248. The van der Waals surface area contributed by atoms with Crippen LogP contribution in [0.2, 0.25) is 0 Å². The molecule has 0 aliphatic carbocycles. The van der Waals surface area contributed by atoms with Crippen LogP contribution in [-0.2, 0) is 0 Å². The minimum absolute atomic E-state index is 0. The fraction of sp³-hybridized carbons (Fsp3) is 0. The third-order valence-corrected chi connectivity index (χ3v) is 0.607. The predicted octanol–water partition coefficient (Wildman–Crippen LogP) is 0.303. The van der Waals surface area contributed by atoms with Gasteiger partial charge in [0, 0.05) is 0 Å². The average molecular weight is 107 g/mol. The van der Waals surface area contributed by atoms with E-state index in [-0.39, 0.29) is 17.4 Å². The van der Waals surface area contributed by atoms with Gasteiger partial charge in [0.2, 0.25) is 0 Å². The summed E-state index contributed by atoms with van der Waals surface area (Å²) in [6.45, 7) is 0. The summed E-state index contributed by atoms with van der Waals surface area (Å²) < 4.78 is 0. The van der Waals surface area contributed by atoms with Crippen LogP contribution in [0.4, 0.5) is 0 Å². The highest BCUT2D eigenvalue weighted by atomic mass is 27.0. The normalized spacial score (nSPS) is 6.86. The smallest absolute Gasteiger partial charge is 0.0622 e. The van der Waals surface area contributed by atoms with Crippen LogP contribution in [0, 0.1) is 6.07 Å². The highest BCUT2D eigenvalue weighted by Crippen LogP contribution is 1.78. The van der Waals surface area contributed by atoms with Crippen LogP contribution in [0.25, 0.3) is 0 Å². The first-order valence-electron chi connectivity index (χ1n) is 1.91. The van der Waals surface area contributed by atoms with E-state index in [9.17, 15) is 0 Å². The molecule has 0 amide bonds. The SMILES string of the molecule is [AlH3].[c]1ccccc1. The van der Waals surface area contributed by atoms with Gasteiger partial charge < -0.3 is 0 Å². The Bertz CT molecular complexity index is 76.1. The summed E-state index contributed by atoms with van der Waals surface area (Å²) in [6, 6.07) is 12.5. The molecule has 1 aromatic carbocycles. The topological polar surface area (TPSA) is 0 Å². The molecule has 0 nitrogen and oxygen atoms in total. The Labute approximate surface area is 54.3 Å². The van der Waals surface area contributed by atoms with Crippen molar-refractivity contribution in [2.45, 2.75) is 0 Å². The van der Waals surface area contributed by atoms with E-state index >= 15 is 0 Å². The first-order valence-corrected chi connectivity index (χ1v) is 1.91. The van der Waals surface area contributed by atoms with Gasteiger partial charge in [-0.3, -0.25) is 0 Å². The maximum absolute atomic E-state index is 2.89. The van der Waals surface area contributed by atoms with Crippen LogP contribution in [0.15, 0.2) is 30.3 Å². The Morgan fingerprint density at radius 2 is 1.43 bits per heavy atom. The van der Waals surface area contributed by atoms with Gasteiger partial charge in [-0.2, -0.15) is 0 Å². The van der Waals surface area contributed by atoms with Crippen molar-refractivity contribution in [3.63, 3.8) is 0 Å². The molecule has 0 aliphatic rings. The molecule has 1 rings (SSSR count). The van der Waals surface area contributed by atoms with E-state index in [2.05, 4.69) is 6.07 Å². The minimum Gasteiger partial charge on any atom is -0.0622 e. The van der Waals surface area contributed by atoms with E-state index < -0.39 is 0 Å². The first-order chi connectivity index (χ1) is 3.00. The van der Waals surface area contributed by atoms with Crippen molar-refractivity contribution in [2.75, 3.05) is 0 Å². The Balaban J connectivity index is 0.000000360. The summed E-state index contributed by atoms with van der Waals surface area (Å²) in [5.74, 6) is 0. The summed E-state index contributed by atoms with van der Waals surface area (Å²) in [5.41, 5.74) is 0. The van der Waals surface area contributed by atoms with Gasteiger partial charge in [0.15, 0.2) is 17.4 Å². The lowest BCUT2D eigenvalue weighted by atomic mass is 10.4. The van der Waals surface area contributed by atoms with Crippen molar-refractivity contribution >= 4 is 17.4 Å². The second kappa shape index (κ2) is 3.93. The molecule has 0 unspecified atom stereocenters.